The van der Waals surface area contributed by atoms with Gasteiger partial charge in [-0.1, -0.05) is 68.5 Å². The predicted molar refractivity (Wildman–Crippen MR) is 82.5 cm³/mol. The molecule has 0 spiro atoms. The molecule has 0 aliphatic rings. The van der Waals surface area contributed by atoms with E-state index in [1.165, 1.54) is 0 Å². The van der Waals surface area contributed by atoms with E-state index in [0.717, 1.165) is 30.1 Å². The van der Waals surface area contributed by atoms with Crippen LogP contribution in [0.2, 0.25) is 12.1 Å². The molecule has 0 bridgehead atoms. The van der Waals surface area contributed by atoms with E-state index in [2.05, 4.69) is 50.3 Å². The van der Waals surface area contributed by atoms with Gasteiger partial charge in [0.05, 0.1) is 0 Å². The second kappa shape index (κ2) is 8.06. The fourth-order valence-electron chi connectivity index (χ4n) is 1.96. The van der Waals surface area contributed by atoms with Gasteiger partial charge in [0, 0.05) is 0 Å². The van der Waals surface area contributed by atoms with Gasteiger partial charge in [0.25, 0.3) is 0 Å². The smallest absolute Gasteiger partial charge is 0.227 e. The zero-order chi connectivity index (χ0) is 13.3. The number of allylic oxidation sites excluding steroid dienone is 4. The van der Waals surface area contributed by atoms with Crippen molar-refractivity contribution in [2.75, 3.05) is 0 Å². The minimum atomic E-state index is -2.37. The lowest BCUT2D eigenvalue weighted by atomic mass is 10.4. The van der Waals surface area contributed by atoms with Crippen molar-refractivity contribution < 1.29 is 4.80 Å². The highest BCUT2D eigenvalue weighted by molar-refractivity contribution is 6.86. The summed E-state index contributed by atoms with van der Waals surface area (Å²) in [6, 6.07) is 11.8. The number of hydrogen-bond acceptors (Lipinski definition) is 1. The molecule has 0 fully saturated rings. The molecule has 1 nitrogen and oxygen atoms in total. The maximum atomic E-state index is 11.0. The Balaban J connectivity index is 2.86. The van der Waals surface area contributed by atoms with Gasteiger partial charge < -0.3 is 4.80 Å². The maximum Gasteiger partial charge on any atom is 0.227 e. The van der Waals surface area contributed by atoms with E-state index < -0.39 is 8.32 Å². The van der Waals surface area contributed by atoms with E-state index >= 15 is 0 Å². The van der Waals surface area contributed by atoms with Gasteiger partial charge in [-0.2, -0.15) is 0 Å². The van der Waals surface area contributed by atoms with E-state index in [1.807, 2.05) is 18.2 Å². The van der Waals surface area contributed by atoms with Crippen molar-refractivity contribution in [3.8, 4) is 0 Å². The molecule has 1 aromatic rings. The topological polar surface area (TPSA) is 20.2 Å². The first kappa shape index (κ1) is 14.9. The molecule has 0 saturated heterocycles. The average Bonchev–Trinajstić information content (AvgIpc) is 2.40. The molecule has 1 N–H and O–H groups in total. The monoisotopic (exact) mass is 260 g/mol. The van der Waals surface area contributed by atoms with Gasteiger partial charge in [-0.05, 0) is 30.1 Å². The Morgan fingerprint density at radius 3 is 1.83 bits per heavy atom. The first-order valence-electron chi connectivity index (χ1n) is 6.81. The van der Waals surface area contributed by atoms with Crippen LogP contribution in [0.5, 0.6) is 0 Å². The van der Waals surface area contributed by atoms with E-state index in [1.54, 1.807) is 0 Å². The van der Waals surface area contributed by atoms with Crippen LogP contribution in [-0.2, 0) is 0 Å². The Kier molecular flexibility index (Phi) is 6.69. The van der Waals surface area contributed by atoms with Crippen molar-refractivity contribution in [3.05, 3.63) is 54.6 Å². The van der Waals surface area contributed by atoms with Crippen molar-refractivity contribution in [2.24, 2.45) is 0 Å². The molecule has 0 radical (unpaired) electrons. The van der Waals surface area contributed by atoms with Crippen LogP contribution in [-0.4, -0.2) is 13.1 Å². The van der Waals surface area contributed by atoms with Crippen LogP contribution in [0.3, 0.4) is 0 Å². The Hall–Kier alpha value is -1.12. The Bertz CT molecular complexity index is 365. The summed E-state index contributed by atoms with van der Waals surface area (Å²) in [6.07, 6.45) is 10.6. The lowest BCUT2D eigenvalue weighted by Crippen LogP contribution is -2.47. The minimum absolute atomic E-state index is 0.804. The summed E-state index contributed by atoms with van der Waals surface area (Å²) < 4.78 is 0. The zero-order valence-corrected chi connectivity index (χ0v) is 12.5. The lowest BCUT2D eigenvalue weighted by molar-refractivity contribution is 0.556. The summed E-state index contributed by atoms with van der Waals surface area (Å²) in [4.78, 5) is 11.0. The fourth-order valence-corrected chi connectivity index (χ4v) is 4.52. The molecule has 1 rings (SSSR count). The third-order valence-electron chi connectivity index (χ3n) is 3.03. The van der Waals surface area contributed by atoms with Crippen LogP contribution >= 0.6 is 0 Å². The largest absolute Gasteiger partial charge is 0.427 e. The van der Waals surface area contributed by atoms with Crippen molar-refractivity contribution in [1.29, 1.82) is 0 Å². The summed E-state index contributed by atoms with van der Waals surface area (Å²) in [6.45, 7) is 4.24. The molecule has 0 aromatic heterocycles. The third-order valence-corrected chi connectivity index (χ3v) is 6.26. The van der Waals surface area contributed by atoms with E-state index in [9.17, 15) is 4.80 Å². The quantitative estimate of drug-likeness (QED) is 0.584. The highest BCUT2D eigenvalue weighted by atomic mass is 28.4. The number of hydrogen-bond donors (Lipinski definition) is 1. The second-order valence-electron chi connectivity index (χ2n) is 4.57. The van der Waals surface area contributed by atoms with Crippen LogP contribution in [0, 0.1) is 0 Å². The highest BCUT2D eigenvalue weighted by Gasteiger charge is 2.30. The van der Waals surface area contributed by atoms with Crippen molar-refractivity contribution in [2.45, 2.75) is 38.8 Å². The molecule has 0 aliphatic carbocycles. The Morgan fingerprint density at radius 1 is 0.889 bits per heavy atom. The van der Waals surface area contributed by atoms with Gasteiger partial charge >= 0.3 is 0 Å². The van der Waals surface area contributed by atoms with Gasteiger partial charge in [0.1, 0.15) is 0 Å². The summed E-state index contributed by atoms with van der Waals surface area (Å²) in [5.41, 5.74) is 0. The van der Waals surface area contributed by atoms with Crippen LogP contribution < -0.4 is 5.19 Å². The molecule has 98 valence electrons. The van der Waals surface area contributed by atoms with Crippen molar-refractivity contribution in [3.63, 3.8) is 0 Å². The van der Waals surface area contributed by atoms with Crippen LogP contribution in [0.25, 0.3) is 0 Å². The molecular weight excluding hydrogens is 236 g/mol. The van der Waals surface area contributed by atoms with Crippen molar-refractivity contribution >= 4 is 13.5 Å². The SMILES string of the molecule is CCC=CC[Si](O)(CC=CCC)c1ccccc1. The average molecular weight is 260 g/mol. The molecule has 0 heterocycles. The standard InChI is InChI=1S/C16H24OSi/c1-3-5-10-14-18(17,15-11-6-4-2)16-12-8-7-9-13-16/h5-13,17H,3-4,14-15H2,1-2H3. The molecule has 0 saturated carbocycles. The highest BCUT2D eigenvalue weighted by Crippen LogP contribution is 2.15. The van der Waals surface area contributed by atoms with Gasteiger partial charge in [0.2, 0.25) is 8.32 Å². The molecule has 18 heavy (non-hydrogen) atoms. The number of benzene rings is 1. The van der Waals surface area contributed by atoms with E-state index in [0.29, 0.717) is 0 Å². The summed E-state index contributed by atoms with van der Waals surface area (Å²) in [5.74, 6) is 0. The van der Waals surface area contributed by atoms with Crippen LogP contribution in [0.15, 0.2) is 54.6 Å². The first-order valence-corrected chi connectivity index (χ1v) is 9.17. The first-order chi connectivity index (χ1) is 8.73. The van der Waals surface area contributed by atoms with E-state index in [4.69, 9.17) is 0 Å². The molecule has 1 aromatic carbocycles. The van der Waals surface area contributed by atoms with Gasteiger partial charge in [-0.3, -0.25) is 0 Å². The Labute approximate surface area is 112 Å². The maximum absolute atomic E-state index is 11.0. The van der Waals surface area contributed by atoms with Crippen molar-refractivity contribution in [1.82, 2.24) is 0 Å². The molecule has 2 heteroatoms. The molecule has 0 amide bonds. The zero-order valence-electron chi connectivity index (χ0n) is 11.5. The predicted octanol–water partition coefficient (Wildman–Crippen LogP) is 3.76. The summed E-state index contributed by atoms with van der Waals surface area (Å²) in [7, 11) is -2.37. The van der Waals surface area contributed by atoms with Crippen LogP contribution in [0.4, 0.5) is 0 Å². The molecule has 0 atom stereocenters. The Morgan fingerprint density at radius 2 is 1.39 bits per heavy atom. The minimum Gasteiger partial charge on any atom is -0.427 e. The van der Waals surface area contributed by atoms with E-state index in [-0.39, 0.29) is 0 Å². The lowest BCUT2D eigenvalue weighted by Gasteiger charge is -2.23. The normalized spacial score (nSPS) is 15.3. The third kappa shape index (κ3) is 4.63. The van der Waals surface area contributed by atoms with Gasteiger partial charge in [-0.25, -0.2) is 0 Å². The molecule has 0 aliphatic heterocycles. The summed E-state index contributed by atoms with van der Waals surface area (Å²) in [5, 5.41) is 1.13. The van der Waals surface area contributed by atoms with Gasteiger partial charge in [-0.15, -0.1) is 0 Å². The van der Waals surface area contributed by atoms with Gasteiger partial charge in [0.15, 0.2) is 0 Å². The second-order valence-corrected chi connectivity index (χ2v) is 8.02. The summed E-state index contributed by atoms with van der Waals surface area (Å²) >= 11 is 0. The number of rotatable bonds is 7. The molecular formula is C16H24OSi. The molecule has 0 unspecified atom stereocenters. The fraction of sp³-hybridized carbons (Fsp3) is 0.375. The van der Waals surface area contributed by atoms with Crippen LogP contribution in [0.1, 0.15) is 26.7 Å².